The Kier molecular flexibility index (Phi) is 5.53. The molecule has 2 aliphatic rings. The molecule has 162 valence electrons. The molecule has 2 aliphatic heterocycles. The lowest BCUT2D eigenvalue weighted by molar-refractivity contribution is -0.128. The molecule has 0 aliphatic carbocycles. The van der Waals surface area contributed by atoms with Crippen LogP contribution in [0.4, 0.5) is 10.2 Å². The number of carbonyl (C=O) groups is 1. The molecule has 0 bridgehead atoms. The van der Waals surface area contributed by atoms with Crippen molar-refractivity contribution in [2.45, 2.75) is 31.3 Å². The van der Waals surface area contributed by atoms with E-state index in [4.69, 9.17) is 16.3 Å². The summed E-state index contributed by atoms with van der Waals surface area (Å²) in [7, 11) is 0. The van der Waals surface area contributed by atoms with Crippen molar-refractivity contribution >= 4 is 34.7 Å². The summed E-state index contributed by atoms with van der Waals surface area (Å²) in [5.41, 5.74) is 1.33. The number of likely N-dealkylation sites (tertiary alicyclic amines) is 1. The normalized spacial score (nSPS) is 24.5. The molecule has 3 aromatic rings. The number of rotatable bonds is 5. The molecular weight excluding hydrogens is 425 g/mol. The molecule has 31 heavy (non-hydrogen) atoms. The maximum absolute atomic E-state index is 14.6. The predicted molar refractivity (Wildman–Crippen MR) is 113 cm³/mol. The third-order valence-corrected chi connectivity index (χ3v) is 5.86. The summed E-state index contributed by atoms with van der Waals surface area (Å²) in [6, 6.07) is 1.77. The first kappa shape index (κ1) is 20.3. The minimum Gasteiger partial charge on any atom is -0.366 e. The largest absolute Gasteiger partial charge is 0.366 e. The van der Waals surface area contributed by atoms with E-state index in [-0.39, 0.29) is 18.1 Å². The lowest BCUT2D eigenvalue weighted by Crippen LogP contribution is -2.60. The van der Waals surface area contributed by atoms with Crippen molar-refractivity contribution in [3.05, 3.63) is 35.5 Å². The first-order valence-corrected chi connectivity index (χ1v) is 10.5. The highest BCUT2D eigenvalue weighted by molar-refractivity contribution is 6.31. The number of carbonyl (C=O) groups excluding carboxylic acids is 1. The van der Waals surface area contributed by atoms with Gasteiger partial charge in [0.25, 0.3) is 0 Å². The van der Waals surface area contributed by atoms with E-state index in [1.807, 2.05) is 0 Å². The number of H-pyrrole nitrogens is 1. The summed E-state index contributed by atoms with van der Waals surface area (Å²) < 4.78 is 20.2. The Morgan fingerprint density at radius 2 is 2.26 bits per heavy atom. The Balaban J connectivity index is 1.43. The van der Waals surface area contributed by atoms with Crippen molar-refractivity contribution in [3.63, 3.8) is 0 Å². The summed E-state index contributed by atoms with van der Waals surface area (Å²) in [6.45, 7) is 1.90. The van der Waals surface area contributed by atoms with Gasteiger partial charge in [0.1, 0.15) is 11.8 Å². The molecular formula is C20H21ClFN7O2. The lowest BCUT2D eigenvalue weighted by atomic mass is 10.2. The van der Waals surface area contributed by atoms with E-state index in [0.29, 0.717) is 35.2 Å². The second-order valence-electron chi connectivity index (χ2n) is 7.55. The van der Waals surface area contributed by atoms with Gasteiger partial charge >= 0.3 is 0 Å². The van der Waals surface area contributed by atoms with Gasteiger partial charge in [-0.2, -0.15) is 0 Å². The molecule has 0 spiro atoms. The monoisotopic (exact) mass is 445 g/mol. The van der Waals surface area contributed by atoms with Crippen LogP contribution in [0.1, 0.15) is 12.8 Å². The van der Waals surface area contributed by atoms with Crippen molar-refractivity contribution < 1.29 is 13.9 Å². The highest BCUT2D eigenvalue weighted by Gasteiger charge is 2.37. The molecule has 5 heterocycles. The van der Waals surface area contributed by atoms with Gasteiger partial charge in [0, 0.05) is 36.4 Å². The smallest absolute Gasteiger partial charge is 0.183 e. The zero-order chi connectivity index (χ0) is 21.4. The Labute approximate surface area is 182 Å². The third kappa shape index (κ3) is 3.87. The van der Waals surface area contributed by atoms with E-state index in [2.05, 4.69) is 35.5 Å². The van der Waals surface area contributed by atoms with Crippen LogP contribution >= 0.6 is 11.6 Å². The average Bonchev–Trinajstić information content (AvgIpc) is 3.42. The number of pyridine rings is 1. The van der Waals surface area contributed by atoms with Crippen LogP contribution in [-0.2, 0) is 9.53 Å². The fourth-order valence-corrected chi connectivity index (χ4v) is 4.38. The Morgan fingerprint density at radius 3 is 3.13 bits per heavy atom. The molecule has 11 heteroatoms. The zero-order valence-corrected chi connectivity index (χ0v) is 17.3. The van der Waals surface area contributed by atoms with Gasteiger partial charge in [-0.1, -0.05) is 11.6 Å². The van der Waals surface area contributed by atoms with E-state index >= 15 is 0 Å². The Morgan fingerprint density at radius 1 is 1.35 bits per heavy atom. The molecule has 0 radical (unpaired) electrons. The van der Waals surface area contributed by atoms with E-state index < -0.39 is 11.9 Å². The fraction of sp³-hybridized carbons (Fsp3) is 0.400. The minimum absolute atomic E-state index is 0.102. The third-order valence-electron chi connectivity index (χ3n) is 5.65. The lowest BCUT2D eigenvalue weighted by Gasteiger charge is -2.39. The van der Waals surface area contributed by atoms with Crippen LogP contribution in [-0.4, -0.2) is 69.3 Å². The van der Waals surface area contributed by atoms with Crippen LogP contribution in [0.15, 0.2) is 24.7 Å². The van der Waals surface area contributed by atoms with Gasteiger partial charge in [0.2, 0.25) is 0 Å². The number of aromatic nitrogens is 4. The maximum atomic E-state index is 14.6. The molecule has 9 nitrogen and oxygen atoms in total. The van der Waals surface area contributed by atoms with E-state index in [1.54, 1.807) is 18.5 Å². The molecule has 0 saturated carbocycles. The highest BCUT2D eigenvalue weighted by Crippen LogP contribution is 2.29. The minimum atomic E-state index is -0.564. The van der Waals surface area contributed by atoms with E-state index in [0.717, 1.165) is 37.3 Å². The summed E-state index contributed by atoms with van der Waals surface area (Å²) >= 11 is 6.08. The maximum Gasteiger partial charge on any atom is 0.183 e. The molecule has 2 saturated heterocycles. The van der Waals surface area contributed by atoms with Gasteiger partial charge in [0.05, 0.1) is 30.2 Å². The van der Waals surface area contributed by atoms with Crippen LogP contribution < -0.4 is 10.6 Å². The summed E-state index contributed by atoms with van der Waals surface area (Å²) in [6.07, 6.45) is 5.91. The number of nitrogens with one attached hydrogen (secondary N) is 3. The van der Waals surface area contributed by atoms with Crippen molar-refractivity contribution in [2.24, 2.45) is 0 Å². The number of fused-ring (bicyclic) bond motifs is 1. The van der Waals surface area contributed by atoms with Crippen molar-refractivity contribution in [2.75, 3.05) is 25.0 Å². The summed E-state index contributed by atoms with van der Waals surface area (Å²) in [5, 5.41) is 7.77. The van der Waals surface area contributed by atoms with Crippen LogP contribution in [0.25, 0.3) is 22.4 Å². The topological polar surface area (TPSA) is 108 Å². The number of hydrogen-bond donors (Lipinski definition) is 3. The van der Waals surface area contributed by atoms with Crippen LogP contribution in [0.3, 0.4) is 0 Å². The molecule has 3 aromatic heterocycles. The van der Waals surface area contributed by atoms with Gasteiger partial charge in [-0.3, -0.25) is 10.2 Å². The highest BCUT2D eigenvalue weighted by atomic mass is 35.5. The number of hydrogen-bond acceptors (Lipinski definition) is 8. The zero-order valence-electron chi connectivity index (χ0n) is 16.5. The van der Waals surface area contributed by atoms with E-state index in [1.165, 1.54) is 0 Å². The number of nitrogens with zero attached hydrogens (tertiary/aromatic N) is 4. The number of aromatic amines is 1. The van der Waals surface area contributed by atoms with Crippen LogP contribution in [0.5, 0.6) is 0 Å². The molecule has 3 atom stereocenters. The van der Waals surface area contributed by atoms with E-state index in [9.17, 15) is 9.18 Å². The molecule has 0 amide bonds. The number of halogens is 2. The fourth-order valence-electron chi connectivity index (χ4n) is 4.22. The Hall–Kier alpha value is -2.66. The van der Waals surface area contributed by atoms with Gasteiger partial charge in [-0.05, 0) is 18.9 Å². The van der Waals surface area contributed by atoms with Crippen molar-refractivity contribution in [1.29, 1.82) is 0 Å². The quantitative estimate of drug-likeness (QED) is 0.513. The first-order chi connectivity index (χ1) is 15.1. The number of anilines is 1. The second-order valence-corrected chi connectivity index (χ2v) is 7.99. The first-order valence-electron chi connectivity index (χ1n) is 10.1. The Bertz CT molecular complexity index is 1110. The van der Waals surface area contributed by atoms with Crippen molar-refractivity contribution in [1.82, 2.24) is 30.2 Å². The average molecular weight is 446 g/mol. The predicted octanol–water partition coefficient (Wildman–Crippen LogP) is 2.16. The molecule has 2 unspecified atom stereocenters. The SMILES string of the molecule is O=C[C@H]1OCCNC1N1CCCC1Nc1nc(-c2c[nH]c3ncc(Cl)cc23)ncc1F. The van der Waals surface area contributed by atoms with Gasteiger partial charge in [-0.25, -0.2) is 19.3 Å². The number of morpholine rings is 1. The molecule has 5 rings (SSSR count). The molecule has 2 fully saturated rings. The van der Waals surface area contributed by atoms with Gasteiger partial charge in [0.15, 0.2) is 23.7 Å². The summed E-state index contributed by atoms with van der Waals surface area (Å²) in [4.78, 5) is 29.4. The summed E-state index contributed by atoms with van der Waals surface area (Å²) in [5.74, 6) is -0.0920. The number of ether oxygens (including phenoxy) is 1. The standard InChI is InChI=1S/C20H21ClFN7O2/c21-11-6-12-13(8-25-17(12)24-7-11)18-26-9-14(22)19(28-18)27-16-2-1-4-29(16)20-15(10-30)31-5-3-23-20/h6-10,15-16,20,23H,1-5H2,(H,24,25)(H,26,27,28)/t15-,16?,20?/m1/s1. The van der Waals surface area contributed by atoms with Gasteiger partial charge < -0.3 is 19.8 Å². The molecule has 0 aromatic carbocycles. The van der Waals surface area contributed by atoms with Crippen molar-refractivity contribution in [3.8, 4) is 11.4 Å². The number of aldehydes is 1. The van der Waals surface area contributed by atoms with Gasteiger partial charge in [-0.15, -0.1) is 0 Å². The van der Waals surface area contributed by atoms with Crippen LogP contribution in [0, 0.1) is 5.82 Å². The van der Waals surface area contributed by atoms with Crippen LogP contribution in [0.2, 0.25) is 5.02 Å². The second kappa shape index (κ2) is 8.46. The molecule has 3 N–H and O–H groups in total.